The van der Waals surface area contributed by atoms with E-state index in [0.29, 0.717) is 24.0 Å². The first-order chi connectivity index (χ1) is 9.86. The molecule has 0 bridgehead atoms. The lowest BCUT2D eigenvalue weighted by atomic mass is 10.2. The van der Waals surface area contributed by atoms with Gasteiger partial charge >= 0.3 is 0 Å². The van der Waals surface area contributed by atoms with Crippen molar-refractivity contribution >= 4 is 10.0 Å². The summed E-state index contributed by atoms with van der Waals surface area (Å²) in [7, 11) is -1.51. The van der Waals surface area contributed by atoms with E-state index in [2.05, 4.69) is 30.8 Å². The highest BCUT2D eigenvalue weighted by molar-refractivity contribution is 7.89. The summed E-state index contributed by atoms with van der Waals surface area (Å²) in [5, 5.41) is 3.30. The van der Waals surface area contributed by atoms with Crippen LogP contribution in [-0.4, -0.2) is 25.6 Å². The molecule has 1 aromatic rings. The Balaban J connectivity index is 2.60. The van der Waals surface area contributed by atoms with Gasteiger partial charge in [-0.2, -0.15) is 0 Å². The van der Waals surface area contributed by atoms with Crippen LogP contribution in [0.3, 0.4) is 0 Å². The molecule has 0 unspecified atom stereocenters. The van der Waals surface area contributed by atoms with E-state index in [1.807, 2.05) is 11.6 Å². The van der Waals surface area contributed by atoms with E-state index in [4.69, 9.17) is 0 Å². The summed E-state index contributed by atoms with van der Waals surface area (Å²) in [5.41, 5.74) is 0.968. The fourth-order valence-corrected chi connectivity index (χ4v) is 3.22. The van der Waals surface area contributed by atoms with Crippen molar-refractivity contribution in [2.75, 3.05) is 6.54 Å². The average molecular weight is 315 g/mol. The zero-order valence-electron chi connectivity index (χ0n) is 13.6. The summed E-state index contributed by atoms with van der Waals surface area (Å²) in [4.78, 5) is 0.348. The molecular formula is C15H29N3O2S. The Morgan fingerprint density at radius 1 is 1.24 bits per heavy atom. The Hall–Kier alpha value is -0.850. The summed E-state index contributed by atoms with van der Waals surface area (Å²) < 4.78 is 29.0. The number of aromatic nitrogens is 1. The van der Waals surface area contributed by atoms with Gasteiger partial charge in [0.1, 0.15) is 0 Å². The van der Waals surface area contributed by atoms with Gasteiger partial charge in [-0.15, -0.1) is 0 Å². The van der Waals surface area contributed by atoms with E-state index in [0.717, 1.165) is 31.4 Å². The molecule has 5 nitrogen and oxygen atoms in total. The zero-order valence-corrected chi connectivity index (χ0v) is 14.5. The van der Waals surface area contributed by atoms with Crippen molar-refractivity contribution in [2.45, 2.75) is 63.9 Å². The molecule has 1 heterocycles. The molecule has 0 atom stereocenters. The van der Waals surface area contributed by atoms with E-state index in [-0.39, 0.29) is 0 Å². The maximum Gasteiger partial charge on any atom is 0.242 e. The SMILES string of the molecule is CCCCCCNS(=O)(=O)c1cc(CNC(C)C)n(C)c1. The van der Waals surface area contributed by atoms with Crippen LogP contribution in [0.2, 0.25) is 0 Å². The van der Waals surface area contributed by atoms with Gasteiger partial charge in [-0.25, -0.2) is 13.1 Å². The average Bonchev–Trinajstić information content (AvgIpc) is 2.78. The fourth-order valence-electron chi connectivity index (χ4n) is 2.05. The molecule has 1 aromatic heterocycles. The largest absolute Gasteiger partial charge is 0.352 e. The quantitative estimate of drug-likeness (QED) is 0.652. The van der Waals surface area contributed by atoms with E-state index < -0.39 is 10.0 Å². The fraction of sp³-hybridized carbons (Fsp3) is 0.733. The van der Waals surface area contributed by atoms with Crippen LogP contribution < -0.4 is 10.0 Å². The molecule has 0 aromatic carbocycles. The maximum atomic E-state index is 12.2. The molecule has 0 aliphatic rings. The van der Waals surface area contributed by atoms with Gasteiger partial charge in [0.15, 0.2) is 0 Å². The van der Waals surface area contributed by atoms with Crippen LogP contribution in [0.25, 0.3) is 0 Å². The number of nitrogens with one attached hydrogen (secondary N) is 2. The Morgan fingerprint density at radius 2 is 1.95 bits per heavy atom. The van der Waals surface area contributed by atoms with E-state index in [1.54, 1.807) is 12.3 Å². The summed E-state index contributed by atoms with van der Waals surface area (Å²) >= 11 is 0. The van der Waals surface area contributed by atoms with Crippen LogP contribution in [0.5, 0.6) is 0 Å². The first kappa shape index (κ1) is 18.2. The van der Waals surface area contributed by atoms with Crippen LogP contribution in [0.15, 0.2) is 17.2 Å². The normalized spacial score (nSPS) is 12.2. The molecule has 0 radical (unpaired) electrons. The topological polar surface area (TPSA) is 63.1 Å². The van der Waals surface area contributed by atoms with Crippen molar-refractivity contribution in [2.24, 2.45) is 7.05 Å². The predicted molar refractivity (Wildman–Crippen MR) is 86.7 cm³/mol. The molecule has 0 amide bonds. The smallest absolute Gasteiger partial charge is 0.242 e. The summed E-state index contributed by atoms with van der Waals surface area (Å²) in [6.07, 6.45) is 5.93. The standard InChI is InChI=1S/C15H29N3O2S/c1-5-6-7-8-9-17-21(19,20)15-10-14(18(4)12-15)11-16-13(2)3/h10,12-13,16-17H,5-9,11H2,1-4H3. The molecule has 1 rings (SSSR count). The van der Waals surface area contributed by atoms with Gasteiger partial charge in [-0.3, -0.25) is 0 Å². The molecule has 21 heavy (non-hydrogen) atoms. The van der Waals surface area contributed by atoms with Crippen molar-refractivity contribution in [3.05, 3.63) is 18.0 Å². The third-order valence-electron chi connectivity index (χ3n) is 3.41. The van der Waals surface area contributed by atoms with Crippen molar-refractivity contribution in [1.29, 1.82) is 0 Å². The minimum Gasteiger partial charge on any atom is -0.352 e. The number of rotatable bonds is 10. The second-order valence-electron chi connectivity index (χ2n) is 5.77. The molecule has 122 valence electrons. The molecule has 0 aliphatic heterocycles. The summed E-state index contributed by atoms with van der Waals surface area (Å²) in [6, 6.07) is 2.11. The van der Waals surface area contributed by atoms with Gasteiger partial charge in [0, 0.05) is 38.1 Å². The lowest BCUT2D eigenvalue weighted by molar-refractivity contribution is 0.571. The number of aryl methyl sites for hydroxylation is 1. The van der Waals surface area contributed by atoms with Crippen LogP contribution in [0.4, 0.5) is 0 Å². The van der Waals surface area contributed by atoms with Gasteiger partial charge in [0.2, 0.25) is 10.0 Å². The Labute approximate surface area is 129 Å². The van der Waals surface area contributed by atoms with Gasteiger partial charge in [-0.1, -0.05) is 40.0 Å². The zero-order chi connectivity index (χ0) is 15.9. The molecule has 2 N–H and O–H groups in total. The molecule has 0 fully saturated rings. The third-order valence-corrected chi connectivity index (χ3v) is 4.83. The minimum atomic E-state index is -3.39. The molecule has 0 spiro atoms. The Kier molecular flexibility index (Phi) is 7.42. The second-order valence-corrected chi connectivity index (χ2v) is 7.54. The number of sulfonamides is 1. The van der Waals surface area contributed by atoms with Crippen molar-refractivity contribution < 1.29 is 8.42 Å². The van der Waals surface area contributed by atoms with E-state index in [9.17, 15) is 8.42 Å². The van der Waals surface area contributed by atoms with Crippen LogP contribution in [-0.2, 0) is 23.6 Å². The maximum absolute atomic E-state index is 12.2. The summed E-state index contributed by atoms with van der Waals surface area (Å²) in [6.45, 7) is 7.45. The monoisotopic (exact) mass is 315 g/mol. The van der Waals surface area contributed by atoms with E-state index >= 15 is 0 Å². The Morgan fingerprint density at radius 3 is 2.57 bits per heavy atom. The number of nitrogens with zero attached hydrogens (tertiary/aromatic N) is 1. The van der Waals surface area contributed by atoms with Crippen molar-refractivity contribution in [3.8, 4) is 0 Å². The lowest BCUT2D eigenvalue weighted by Crippen LogP contribution is -2.24. The highest BCUT2D eigenvalue weighted by atomic mass is 32.2. The molecule has 0 saturated carbocycles. The lowest BCUT2D eigenvalue weighted by Gasteiger charge is -2.08. The third kappa shape index (κ3) is 6.20. The van der Waals surface area contributed by atoms with Gasteiger partial charge in [-0.05, 0) is 12.5 Å². The van der Waals surface area contributed by atoms with Gasteiger partial charge < -0.3 is 9.88 Å². The number of hydrogen-bond donors (Lipinski definition) is 2. The highest BCUT2D eigenvalue weighted by Gasteiger charge is 2.16. The first-order valence-electron chi connectivity index (χ1n) is 7.75. The van der Waals surface area contributed by atoms with Crippen LogP contribution in [0, 0.1) is 0 Å². The first-order valence-corrected chi connectivity index (χ1v) is 9.23. The predicted octanol–water partition coefficient (Wildman–Crippen LogP) is 2.38. The minimum absolute atomic E-state index is 0.348. The summed E-state index contributed by atoms with van der Waals surface area (Å²) in [5.74, 6) is 0. The molecule has 0 aliphatic carbocycles. The van der Waals surface area contributed by atoms with Crippen LogP contribution in [0.1, 0.15) is 52.1 Å². The van der Waals surface area contributed by atoms with E-state index in [1.165, 1.54) is 0 Å². The molecular weight excluding hydrogens is 286 g/mol. The molecule has 0 saturated heterocycles. The van der Waals surface area contributed by atoms with Gasteiger partial charge in [0.25, 0.3) is 0 Å². The molecule has 6 heteroatoms. The number of hydrogen-bond acceptors (Lipinski definition) is 3. The highest BCUT2D eigenvalue weighted by Crippen LogP contribution is 2.13. The van der Waals surface area contributed by atoms with Crippen molar-refractivity contribution in [1.82, 2.24) is 14.6 Å². The van der Waals surface area contributed by atoms with Crippen molar-refractivity contribution in [3.63, 3.8) is 0 Å². The second kappa shape index (κ2) is 8.56. The number of unbranched alkanes of at least 4 members (excludes halogenated alkanes) is 3. The van der Waals surface area contributed by atoms with Crippen LogP contribution >= 0.6 is 0 Å². The Bertz CT molecular complexity index is 521. The van der Waals surface area contributed by atoms with Gasteiger partial charge in [0.05, 0.1) is 4.90 Å².